The Morgan fingerprint density at radius 2 is 1.83 bits per heavy atom. The third-order valence-electron chi connectivity index (χ3n) is 4.00. The lowest BCUT2D eigenvalue weighted by atomic mass is 9.97. The molecular weight excluding hydrogens is 406 g/mol. The number of tetrazole rings is 1. The maximum atomic E-state index is 12.0. The largest absolute Gasteiger partial charge is 0.492 e. The van der Waals surface area contributed by atoms with Crippen LogP contribution in [0.1, 0.15) is 26.3 Å². The van der Waals surface area contributed by atoms with Crippen molar-refractivity contribution in [2.24, 2.45) is 11.1 Å². The molecule has 1 aromatic heterocycles. The third kappa shape index (κ3) is 6.27. The molecule has 160 valence electrons. The summed E-state index contributed by atoms with van der Waals surface area (Å²) in [5, 5.41) is 12.6. The van der Waals surface area contributed by atoms with Crippen LogP contribution in [0.2, 0.25) is 0 Å². The van der Waals surface area contributed by atoms with Gasteiger partial charge in [-0.2, -0.15) is 4.80 Å². The van der Waals surface area contributed by atoms with E-state index in [1.807, 2.05) is 45.0 Å². The van der Waals surface area contributed by atoms with Crippen LogP contribution >= 0.6 is 12.4 Å². The van der Waals surface area contributed by atoms with Gasteiger partial charge in [0.15, 0.2) is 0 Å². The number of benzene rings is 2. The molecule has 0 unspecified atom stereocenters. The summed E-state index contributed by atoms with van der Waals surface area (Å²) in [6, 6.07) is 14.7. The zero-order valence-electron chi connectivity index (χ0n) is 17.2. The number of halogens is 1. The summed E-state index contributed by atoms with van der Waals surface area (Å²) >= 11 is 0. The first-order valence-corrected chi connectivity index (χ1v) is 9.37. The highest BCUT2D eigenvalue weighted by Gasteiger charge is 2.23. The van der Waals surface area contributed by atoms with Crippen LogP contribution in [0.4, 0.5) is 0 Å². The average Bonchev–Trinajstić information content (AvgIpc) is 3.15. The molecule has 0 bridgehead atoms. The van der Waals surface area contributed by atoms with Gasteiger partial charge < -0.3 is 15.2 Å². The number of carbonyl (C=O) groups is 1. The lowest BCUT2D eigenvalue weighted by Crippen LogP contribution is -2.25. The van der Waals surface area contributed by atoms with E-state index < -0.39 is 5.41 Å². The molecule has 0 radical (unpaired) electrons. The minimum atomic E-state index is -0.560. The molecule has 0 atom stereocenters. The number of ether oxygens (including phenoxy) is 2. The highest BCUT2D eigenvalue weighted by Crippen LogP contribution is 2.22. The zero-order valence-corrected chi connectivity index (χ0v) is 18.1. The zero-order chi connectivity index (χ0) is 20.9. The van der Waals surface area contributed by atoms with Crippen LogP contribution in [-0.4, -0.2) is 39.3 Å². The van der Waals surface area contributed by atoms with Gasteiger partial charge in [-0.1, -0.05) is 12.1 Å². The molecule has 0 aliphatic heterocycles. The normalized spacial score (nSPS) is 10.9. The smallest absolute Gasteiger partial charge is 0.316 e. The van der Waals surface area contributed by atoms with E-state index in [9.17, 15) is 4.79 Å². The van der Waals surface area contributed by atoms with Crippen molar-refractivity contribution in [3.8, 4) is 22.9 Å². The van der Waals surface area contributed by atoms with Gasteiger partial charge >= 0.3 is 5.97 Å². The number of nitrogens with two attached hydrogens (primary N) is 1. The molecule has 9 heteroatoms. The van der Waals surface area contributed by atoms with Crippen molar-refractivity contribution in [2.45, 2.75) is 27.3 Å². The van der Waals surface area contributed by atoms with Crippen LogP contribution < -0.4 is 15.2 Å². The van der Waals surface area contributed by atoms with Crippen molar-refractivity contribution in [1.29, 1.82) is 0 Å². The fraction of sp³-hybridized carbons (Fsp3) is 0.333. The Morgan fingerprint density at radius 1 is 1.10 bits per heavy atom. The number of esters is 1. The number of nitrogens with zero attached hydrogens (tertiary/aromatic N) is 4. The van der Waals surface area contributed by atoms with E-state index in [-0.39, 0.29) is 18.4 Å². The average molecular weight is 432 g/mol. The van der Waals surface area contributed by atoms with E-state index >= 15 is 0 Å². The Kier molecular flexibility index (Phi) is 7.91. The minimum Gasteiger partial charge on any atom is -0.492 e. The van der Waals surface area contributed by atoms with Gasteiger partial charge in [-0.15, -0.1) is 22.6 Å². The van der Waals surface area contributed by atoms with E-state index in [4.69, 9.17) is 15.2 Å². The van der Waals surface area contributed by atoms with Crippen LogP contribution in [0.25, 0.3) is 11.4 Å². The molecule has 3 aromatic rings. The van der Waals surface area contributed by atoms with Crippen molar-refractivity contribution in [1.82, 2.24) is 20.2 Å². The molecule has 2 aromatic carbocycles. The Bertz CT molecular complexity index is 967. The van der Waals surface area contributed by atoms with Crippen LogP contribution in [0.15, 0.2) is 48.5 Å². The second-order valence-corrected chi connectivity index (χ2v) is 7.59. The number of aromatic nitrogens is 4. The lowest BCUT2D eigenvalue weighted by Gasteiger charge is -2.16. The van der Waals surface area contributed by atoms with Gasteiger partial charge in [0, 0.05) is 12.1 Å². The molecule has 0 aliphatic carbocycles. The monoisotopic (exact) mass is 431 g/mol. The Hall–Kier alpha value is -2.97. The van der Waals surface area contributed by atoms with E-state index in [0.29, 0.717) is 31.3 Å². The second kappa shape index (κ2) is 10.2. The number of rotatable bonds is 7. The van der Waals surface area contributed by atoms with Gasteiger partial charge in [0.05, 0.1) is 12.0 Å². The standard InChI is InChI=1S/C21H25N5O3.ClH/c1-21(2,3)20(27)29-17-9-7-16(8-10-17)19-23-25-26(24-19)14-15-5-4-6-18(13-15)28-12-11-22;/h4-10,13H,11-12,14,22H2,1-3H3;1H. The van der Waals surface area contributed by atoms with E-state index in [0.717, 1.165) is 16.9 Å². The van der Waals surface area contributed by atoms with Crippen LogP contribution in [0, 0.1) is 5.41 Å². The maximum absolute atomic E-state index is 12.0. The molecule has 0 spiro atoms. The molecule has 0 saturated heterocycles. The molecule has 0 amide bonds. The van der Waals surface area contributed by atoms with Gasteiger partial charge in [0.2, 0.25) is 5.82 Å². The summed E-state index contributed by atoms with van der Waals surface area (Å²) < 4.78 is 10.9. The summed E-state index contributed by atoms with van der Waals surface area (Å²) in [5.74, 6) is 1.45. The molecule has 30 heavy (non-hydrogen) atoms. The first-order valence-electron chi connectivity index (χ1n) is 9.37. The van der Waals surface area contributed by atoms with Gasteiger partial charge in [0.1, 0.15) is 18.1 Å². The summed E-state index contributed by atoms with van der Waals surface area (Å²) in [6.07, 6.45) is 0. The predicted molar refractivity (Wildman–Crippen MR) is 116 cm³/mol. The molecule has 3 rings (SSSR count). The minimum absolute atomic E-state index is 0. The quantitative estimate of drug-likeness (QED) is 0.452. The summed E-state index contributed by atoms with van der Waals surface area (Å²) in [5.41, 5.74) is 6.68. The van der Waals surface area contributed by atoms with Crippen LogP contribution in [0.3, 0.4) is 0 Å². The lowest BCUT2D eigenvalue weighted by molar-refractivity contribution is -0.142. The molecule has 8 nitrogen and oxygen atoms in total. The van der Waals surface area contributed by atoms with E-state index in [1.54, 1.807) is 24.3 Å². The maximum Gasteiger partial charge on any atom is 0.316 e. The summed E-state index contributed by atoms with van der Waals surface area (Å²) in [4.78, 5) is 13.5. The Morgan fingerprint density at radius 3 is 2.50 bits per heavy atom. The van der Waals surface area contributed by atoms with Crippen molar-refractivity contribution in [3.05, 3.63) is 54.1 Å². The van der Waals surface area contributed by atoms with Gasteiger partial charge in [-0.05, 0) is 67.9 Å². The van der Waals surface area contributed by atoms with Crippen molar-refractivity contribution < 1.29 is 14.3 Å². The van der Waals surface area contributed by atoms with Gasteiger partial charge in [-0.25, -0.2) is 0 Å². The van der Waals surface area contributed by atoms with E-state index in [2.05, 4.69) is 15.4 Å². The predicted octanol–water partition coefficient (Wildman–Crippen LogP) is 3.10. The van der Waals surface area contributed by atoms with Crippen LogP contribution in [-0.2, 0) is 11.3 Å². The number of carbonyl (C=O) groups excluding carboxylic acids is 1. The third-order valence-corrected chi connectivity index (χ3v) is 4.00. The molecule has 2 N–H and O–H groups in total. The van der Waals surface area contributed by atoms with E-state index in [1.165, 1.54) is 4.80 Å². The Balaban J connectivity index is 0.00000320. The van der Waals surface area contributed by atoms with Crippen LogP contribution in [0.5, 0.6) is 11.5 Å². The van der Waals surface area contributed by atoms with Crippen molar-refractivity contribution >= 4 is 18.4 Å². The number of hydrogen-bond donors (Lipinski definition) is 1. The molecule has 0 aliphatic rings. The molecule has 1 heterocycles. The first-order chi connectivity index (χ1) is 13.8. The molecule has 0 fully saturated rings. The van der Waals surface area contributed by atoms with Gasteiger partial charge in [0.25, 0.3) is 0 Å². The number of hydrogen-bond acceptors (Lipinski definition) is 7. The SMILES string of the molecule is CC(C)(C)C(=O)Oc1ccc(-c2nnn(Cc3cccc(OCCN)c3)n2)cc1.Cl. The fourth-order valence-corrected chi connectivity index (χ4v) is 2.43. The highest BCUT2D eigenvalue weighted by atomic mass is 35.5. The first kappa shape index (κ1) is 23.3. The second-order valence-electron chi connectivity index (χ2n) is 7.59. The highest BCUT2D eigenvalue weighted by molar-refractivity contribution is 5.85. The van der Waals surface area contributed by atoms with Crippen molar-refractivity contribution in [3.63, 3.8) is 0 Å². The fourth-order valence-electron chi connectivity index (χ4n) is 2.43. The molecule has 0 saturated carbocycles. The van der Waals surface area contributed by atoms with Gasteiger partial charge in [-0.3, -0.25) is 4.79 Å². The summed E-state index contributed by atoms with van der Waals surface area (Å²) in [6.45, 7) is 6.83. The Labute approximate surface area is 181 Å². The molecular formula is C21H26ClN5O3. The topological polar surface area (TPSA) is 105 Å². The summed E-state index contributed by atoms with van der Waals surface area (Å²) in [7, 11) is 0. The van der Waals surface area contributed by atoms with Crippen molar-refractivity contribution in [2.75, 3.05) is 13.2 Å².